The van der Waals surface area contributed by atoms with Gasteiger partial charge in [0.05, 0.1) is 19.8 Å². The molecule has 4 nitrogen and oxygen atoms in total. The van der Waals surface area contributed by atoms with E-state index in [1.807, 2.05) is 0 Å². The van der Waals surface area contributed by atoms with Gasteiger partial charge >= 0.3 is 5.97 Å². The van der Waals surface area contributed by atoms with E-state index >= 15 is 0 Å². The first-order valence-corrected chi connectivity index (χ1v) is 6.05. The van der Waals surface area contributed by atoms with Crippen molar-refractivity contribution in [3.63, 3.8) is 0 Å². The Bertz CT molecular complexity index is 220. The Hall–Kier alpha value is -1.05. The fraction of sp³-hybridized carbons (Fsp3) is 0.769. The number of esters is 1. The molecule has 0 aliphatic heterocycles. The van der Waals surface area contributed by atoms with E-state index in [9.17, 15) is 4.79 Å². The number of rotatable bonds is 11. The lowest BCUT2D eigenvalue weighted by Crippen LogP contribution is -2.12. The molecule has 17 heavy (non-hydrogen) atoms. The molecule has 0 atom stereocenters. The first-order valence-electron chi connectivity index (χ1n) is 6.05. The van der Waals surface area contributed by atoms with E-state index in [1.54, 1.807) is 0 Å². The molecular formula is C13H22O4. The van der Waals surface area contributed by atoms with Crippen LogP contribution in [-0.4, -0.2) is 39.0 Å². The lowest BCUT2D eigenvalue weighted by Gasteiger charge is -2.05. The average molecular weight is 242 g/mol. The summed E-state index contributed by atoms with van der Waals surface area (Å²) in [5.74, 6) is 2.21. The van der Waals surface area contributed by atoms with Gasteiger partial charge in [-0.15, -0.1) is 6.42 Å². The van der Waals surface area contributed by atoms with Crippen molar-refractivity contribution in [2.45, 2.75) is 32.6 Å². The molecule has 0 bridgehead atoms. The molecule has 0 aliphatic rings. The Morgan fingerprint density at radius 3 is 2.53 bits per heavy atom. The molecule has 0 N–H and O–H groups in total. The molecular weight excluding hydrogens is 220 g/mol. The Morgan fingerprint density at radius 1 is 1.12 bits per heavy atom. The van der Waals surface area contributed by atoms with Crippen molar-refractivity contribution < 1.29 is 19.0 Å². The molecule has 4 heteroatoms. The molecule has 0 fully saturated rings. The van der Waals surface area contributed by atoms with Crippen LogP contribution < -0.4 is 0 Å². The van der Waals surface area contributed by atoms with Crippen molar-refractivity contribution in [1.29, 1.82) is 0 Å². The summed E-state index contributed by atoms with van der Waals surface area (Å²) in [5, 5.41) is 0. The number of carbonyl (C=O) groups excluding carboxylic acids is 1. The maximum Gasteiger partial charge on any atom is 0.305 e. The minimum Gasteiger partial charge on any atom is -0.463 e. The highest BCUT2D eigenvalue weighted by Crippen LogP contribution is 2.00. The molecule has 0 radical (unpaired) electrons. The highest BCUT2D eigenvalue weighted by molar-refractivity contribution is 5.69. The van der Waals surface area contributed by atoms with Crippen molar-refractivity contribution >= 4 is 5.97 Å². The van der Waals surface area contributed by atoms with Gasteiger partial charge in [-0.05, 0) is 6.42 Å². The molecule has 0 heterocycles. The standard InChI is InChI=1S/C13H22O4/c1-3-5-6-7-13(14)17-12-11-16-10-9-15-8-4-2/h2H,3,5-12H2,1H3. The molecule has 0 aromatic carbocycles. The number of unbranched alkanes of at least 4 members (excludes halogenated alkanes) is 2. The van der Waals surface area contributed by atoms with Crippen LogP contribution in [0.4, 0.5) is 0 Å². The maximum absolute atomic E-state index is 11.2. The largest absolute Gasteiger partial charge is 0.463 e. The minimum absolute atomic E-state index is 0.148. The summed E-state index contributed by atoms with van der Waals surface area (Å²) in [5.41, 5.74) is 0. The van der Waals surface area contributed by atoms with E-state index < -0.39 is 0 Å². The van der Waals surface area contributed by atoms with Gasteiger partial charge in [0.1, 0.15) is 13.2 Å². The quantitative estimate of drug-likeness (QED) is 0.315. The second kappa shape index (κ2) is 13.0. The molecule has 0 aromatic heterocycles. The highest BCUT2D eigenvalue weighted by atomic mass is 16.6. The van der Waals surface area contributed by atoms with Crippen molar-refractivity contribution in [3.8, 4) is 12.3 Å². The predicted molar refractivity (Wildman–Crippen MR) is 65.6 cm³/mol. The summed E-state index contributed by atoms with van der Waals surface area (Å²) in [6.07, 6.45) is 8.57. The van der Waals surface area contributed by atoms with Crippen molar-refractivity contribution in [3.05, 3.63) is 0 Å². The van der Waals surface area contributed by atoms with Crippen LogP contribution in [0.25, 0.3) is 0 Å². The third kappa shape index (κ3) is 12.9. The van der Waals surface area contributed by atoms with Gasteiger partial charge in [-0.1, -0.05) is 25.7 Å². The lowest BCUT2D eigenvalue weighted by molar-refractivity contribution is -0.145. The van der Waals surface area contributed by atoms with E-state index in [-0.39, 0.29) is 5.97 Å². The molecule has 0 unspecified atom stereocenters. The third-order valence-corrected chi connectivity index (χ3v) is 2.03. The van der Waals surface area contributed by atoms with Crippen LogP contribution in [0.15, 0.2) is 0 Å². The van der Waals surface area contributed by atoms with Crippen molar-refractivity contribution in [1.82, 2.24) is 0 Å². The number of carbonyl (C=O) groups is 1. The van der Waals surface area contributed by atoms with Gasteiger partial charge in [0.15, 0.2) is 0 Å². The number of hydrogen-bond donors (Lipinski definition) is 0. The molecule has 98 valence electrons. The second-order valence-corrected chi connectivity index (χ2v) is 3.55. The van der Waals surface area contributed by atoms with Crippen LogP contribution in [0.3, 0.4) is 0 Å². The predicted octanol–water partition coefficient (Wildman–Crippen LogP) is 1.78. The summed E-state index contributed by atoms with van der Waals surface area (Å²) >= 11 is 0. The molecule has 0 spiro atoms. The topological polar surface area (TPSA) is 44.8 Å². The second-order valence-electron chi connectivity index (χ2n) is 3.55. The number of ether oxygens (including phenoxy) is 3. The fourth-order valence-electron chi connectivity index (χ4n) is 1.16. The van der Waals surface area contributed by atoms with Crippen LogP contribution in [0, 0.1) is 12.3 Å². The summed E-state index contributed by atoms with van der Waals surface area (Å²) in [6, 6.07) is 0. The smallest absolute Gasteiger partial charge is 0.305 e. The first-order chi connectivity index (χ1) is 8.31. The average Bonchev–Trinajstić information content (AvgIpc) is 2.33. The maximum atomic E-state index is 11.2. The zero-order valence-corrected chi connectivity index (χ0v) is 10.6. The molecule has 0 saturated heterocycles. The summed E-state index contributed by atoms with van der Waals surface area (Å²) < 4.78 is 15.2. The summed E-state index contributed by atoms with van der Waals surface area (Å²) in [6.45, 7) is 4.04. The van der Waals surface area contributed by atoms with E-state index in [2.05, 4.69) is 12.8 Å². The Kier molecular flexibility index (Phi) is 12.2. The van der Waals surface area contributed by atoms with Crippen LogP contribution in [0.2, 0.25) is 0 Å². The van der Waals surface area contributed by atoms with Gasteiger partial charge < -0.3 is 14.2 Å². The first kappa shape index (κ1) is 16.0. The molecule has 0 aromatic rings. The summed E-state index contributed by atoms with van der Waals surface area (Å²) in [7, 11) is 0. The van der Waals surface area contributed by atoms with E-state index in [0.29, 0.717) is 39.5 Å². The van der Waals surface area contributed by atoms with Crippen LogP contribution in [-0.2, 0) is 19.0 Å². The zero-order valence-electron chi connectivity index (χ0n) is 10.6. The van der Waals surface area contributed by atoms with Gasteiger partial charge in [0, 0.05) is 6.42 Å². The Labute approximate surface area is 104 Å². The van der Waals surface area contributed by atoms with E-state index in [1.165, 1.54) is 0 Å². The minimum atomic E-state index is -0.148. The van der Waals surface area contributed by atoms with Crippen molar-refractivity contribution in [2.75, 3.05) is 33.0 Å². The van der Waals surface area contributed by atoms with E-state index in [4.69, 9.17) is 20.6 Å². The molecule has 0 amide bonds. The fourth-order valence-corrected chi connectivity index (χ4v) is 1.16. The van der Waals surface area contributed by atoms with Gasteiger partial charge in [0.25, 0.3) is 0 Å². The molecule has 0 saturated carbocycles. The number of terminal acetylenes is 1. The van der Waals surface area contributed by atoms with Crippen LogP contribution in [0.5, 0.6) is 0 Å². The van der Waals surface area contributed by atoms with Gasteiger partial charge in [-0.25, -0.2) is 0 Å². The van der Waals surface area contributed by atoms with Gasteiger partial charge in [-0.3, -0.25) is 4.79 Å². The lowest BCUT2D eigenvalue weighted by atomic mass is 10.2. The van der Waals surface area contributed by atoms with Crippen molar-refractivity contribution in [2.24, 2.45) is 0 Å². The Morgan fingerprint density at radius 2 is 1.82 bits per heavy atom. The summed E-state index contributed by atoms with van der Waals surface area (Å²) in [4.78, 5) is 11.2. The molecule has 0 rings (SSSR count). The SMILES string of the molecule is C#CCOCCOCCOC(=O)CCCCC. The number of hydrogen-bond acceptors (Lipinski definition) is 4. The highest BCUT2D eigenvalue weighted by Gasteiger charge is 2.01. The van der Waals surface area contributed by atoms with Gasteiger partial charge in [0.2, 0.25) is 0 Å². The van der Waals surface area contributed by atoms with Gasteiger partial charge in [-0.2, -0.15) is 0 Å². The monoisotopic (exact) mass is 242 g/mol. The zero-order chi connectivity index (χ0) is 12.8. The Balaban J connectivity index is 3.11. The van der Waals surface area contributed by atoms with Crippen LogP contribution >= 0.6 is 0 Å². The third-order valence-electron chi connectivity index (χ3n) is 2.03. The normalized spacial score (nSPS) is 9.88. The van der Waals surface area contributed by atoms with E-state index in [0.717, 1.165) is 19.3 Å². The van der Waals surface area contributed by atoms with Crippen LogP contribution in [0.1, 0.15) is 32.6 Å². The molecule has 0 aliphatic carbocycles.